The van der Waals surface area contributed by atoms with Crippen LogP contribution in [-0.4, -0.2) is 63.7 Å². The molecule has 0 spiro atoms. The lowest BCUT2D eigenvalue weighted by Crippen LogP contribution is -2.39. The Morgan fingerprint density at radius 1 is 1.38 bits per heavy atom. The van der Waals surface area contributed by atoms with E-state index in [1.165, 1.54) is 12.1 Å². The van der Waals surface area contributed by atoms with E-state index in [1.807, 2.05) is 18.0 Å². The second-order valence-electron chi connectivity index (χ2n) is 9.33. The van der Waals surface area contributed by atoms with Crippen LogP contribution in [0.3, 0.4) is 0 Å². The van der Waals surface area contributed by atoms with Crippen molar-refractivity contribution in [3.05, 3.63) is 30.2 Å². The predicted molar refractivity (Wildman–Crippen MR) is 124 cm³/mol. The summed E-state index contributed by atoms with van der Waals surface area (Å²) in [6, 6.07) is 8.24. The topological polar surface area (TPSA) is 112 Å². The van der Waals surface area contributed by atoms with Gasteiger partial charge in [0.1, 0.15) is 6.54 Å². The molecule has 5 rings (SSSR count). The number of nitrogens with zero attached hydrogens (tertiary/aromatic N) is 6. The second kappa shape index (κ2) is 9.59. The first kappa shape index (κ1) is 24.9. The van der Waals surface area contributed by atoms with Gasteiger partial charge in [0.15, 0.2) is 6.17 Å². The highest BCUT2D eigenvalue weighted by Crippen LogP contribution is 2.38. The van der Waals surface area contributed by atoms with Crippen LogP contribution in [0.1, 0.15) is 18.7 Å². The number of carbonyl (C=O) groups is 1. The van der Waals surface area contributed by atoms with Crippen molar-refractivity contribution < 1.29 is 26.9 Å². The van der Waals surface area contributed by atoms with Gasteiger partial charge in [0.25, 0.3) is 0 Å². The van der Waals surface area contributed by atoms with E-state index < -0.39 is 18.9 Å². The number of amides is 1. The number of benzene rings is 1. The molecule has 1 aliphatic carbocycles. The van der Waals surface area contributed by atoms with Crippen LogP contribution in [0.25, 0.3) is 22.4 Å². The third-order valence-corrected chi connectivity index (χ3v) is 6.51. The van der Waals surface area contributed by atoms with Gasteiger partial charge in [-0.3, -0.25) is 9.79 Å². The number of rotatable bonds is 6. The maximum absolute atomic E-state index is 14.6. The third-order valence-electron chi connectivity index (χ3n) is 6.51. The number of aromatic nitrogens is 3. The zero-order valence-electron chi connectivity index (χ0n) is 19.8. The molecule has 2 aromatic heterocycles. The van der Waals surface area contributed by atoms with E-state index in [0.29, 0.717) is 36.2 Å². The van der Waals surface area contributed by atoms with Gasteiger partial charge in [0.2, 0.25) is 17.6 Å². The lowest BCUT2D eigenvalue weighted by atomic mass is 10.1. The van der Waals surface area contributed by atoms with Crippen molar-refractivity contribution in [2.45, 2.75) is 38.3 Å². The van der Waals surface area contributed by atoms with Crippen LogP contribution in [0.2, 0.25) is 0 Å². The molecule has 13 heteroatoms. The summed E-state index contributed by atoms with van der Waals surface area (Å²) in [5.74, 6) is -1.09. The number of fused-ring (bicyclic) bond motifs is 1. The highest BCUT2D eigenvalue weighted by Gasteiger charge is 2.43. The molecule has 1 unspecified atom stereocenters. The minimum Gasteiger partial charge on any atom is -0.347 e. The van der Waals surface area contributed by atoms with Crippen molar-refractivity contribution in [1.29, 1.82) is 5.26 Å². The van der Waals surface area contributed by atoms with Gasteiger partial charge in [0.05, 0.1) is 47.1 Å². The molecule has 3 heterocycles. The van der Waals surface area contributed by atoms with Crippen LogP contribution < -0.4 is 5.32 Å². The highest BCUT2D eigenvalue weighted by atomic mass is 19.4. The Hall–Kier alpha value is -3.79. The van der Waals surface area contributed by atoms with Crippen LogP contribution in [0.4, 0.5) is 23.2 Å². The van der Waals surface area contributed by atoms with E-state index in [9.17, 15) is 22.4 Å². The Kier molecular flexibility index (Phi) is 6.45. The molecule has 1 saturated heterocycles. The predicted octanol–water partition coefficient (Wildman–Crippen LogP) is 3.78. The van der Waals surface area contributed by atoms with E-state index in [-0.39, 0.29) is 53.8 Å². The summed E-state index contributed by atoms with van der Waals surface area (Å²) < 4.78 is 61.3. The van der Waals surface area contributed by atoms with Crippen LogP contribution in [0.5, 0.6) is 0 Å². The second-order valence-corrected chi connectivity index (χ2v) is 9.33. The summed E-state index contributed by atoms with van der Waals surface area (Å²) in [5.41, 5.74) is 0.999. The van der Waals surface area contributed by atoms with Crippen molar-refractivity contribution in [3.63, 3.8) is 0 Å². The number of nitriles is 1. The van der Waals surface area contributed by atoms with Gasteiger partial charge >= 0.3 is 6.18 Å². The molecular weight excluding hydrogens is 494 g/mol. The number of hydrogen-bond acceptors (Lipinski definition) is 7. The molecule has 2 fully saturated rings. The summed E-state index contributed by atoms with van der Waals surface area (Å²) in [4.78, 5) is 22.6. The van der Waals surface area contributed by atoms with E-state index in [2.05, 4.69) is 20.4 Å². The fourth-order valence-corrected chi connectivity index (χ4v) is 4.47. The number of aliphatic imine (C=N–C) groups is 1. The average molecular weight is 517 g/mol. The zero-order chi connectivity index (χ0) is 26.3. The minimum atomic E-state index is -4.54. The molecule has 37 heavy (non-hydrogen) atoms. The van der Waals surface area contributed by atoms with Gasteiger partial charge in [-0.15, -0.1) is 0 Å². The minimum absolute atomic E-state index is 0.00776. The van der Waals surface area contributed by atoms with Gasteiger partial charge in [-0.05, 0) is 31.7 Å². The van der Waals surface area contributed by atoms with Crippen molar-refractivity contribution in [1.82, 2.24) is 24.9 Å². The number of carbonyl (C=O) groups excluding carboxylic acids is 1. The van der Waals surface area contributed by atoms with Crippen molar-refractivity contribution >= 4 is 28.2 Å². The molecule has 1 aliphatic heterocycles. The summed E-state index contributed by atoms with van der Waals surface area (Å²) in [7, 11) is 1.81. The largest absolute Gasteiger partial charge is 0.406 e. The van der Waals surface area contributed by atoms with Gasteiger partial charge in [-0.1, -0.05) is 11.2 Å². The van der Waals surface area contributed by atoms with Crippen LogP contribution in [-0.2, 0) is 17.9 Å². The van der Waals surface area contributed by atoms with Gasteiger partial charge < -0.3 is 19.3 Å². The highest BCUT2D eigenvalue weighted by molar-refractivity contribution is 5.99. The molecule has 2 aliphatic rings. The Morgan fingerprint density at radius 2 is 2.19 bits per heavy atom. The molecule has 1 amide bonds. The number of alkyl halides is 4. The molecule has 194 valence electrons. The molecule has 0 radical (unpaired) electrons. The summed E-state index contributed by atoms with van der Waals surface area (Å²) in [6.07, 6.45) is -4.90. The number of nitrogens with one attached hydrogen (secondary N) is 1. The maximum Gasteiger partial charge on any atom is 0.406 e. The lowest BCUT2D eigenvalue weighted by Gasteiger charge is -2.26. The van der Waals surface area contributed by atoms with Crippen LogP contribution in [0.15, 0.2) is 33.8 Å². The molecule has 3 atom stereocenters. The summed E-state index contributed by atoms with van der Waals surface area (Å²) >= 11 is 0. The lowest BCUT2D eigenvalue weighted by molar-refractivity contribution is -0.139. The van der Waals surface area contributed by atoms with E-state index in [4.69, 9.17) is 9.78 Å². The standard InChI is InChI=1S/C24H23F4N7O2/c1-34-6-5-18(16(25)11-34)31-17-3-2-4-19-15(17)8-20(35(19)12-24(26,27)28)22-32-21(37-33-22)10-30-23(36)14-7-13(14)9-29/h2-4,8,13-14,16H,5-7,10-12H2,1H3,(H,30,36)/b31-18+/t13?,14-,16+/m1/s1. The number of hydrogen-bond donors (Lipinski definition) is 1. The maximum atomic E-state index is 14.6. The first-order valence-corrected chi connectivity index (χ1v) is 11.7. The first-order valence-electron chi connectivity index (χ1n) is 11.7. The normalized spacial score (nSPS) is 23.4. The van der Waals surface area contributed by atoms with E-state index in [1.54, 1.807) is 12.1 Å². The number of piperidine rings is 1. The smallest absolute Gasteiger partial charge is 0.347 e. The van der Waals surface area contributed by atoms with Gasteiger partial charge in [-0.25, -0.2) is 4.39 Å². The summed E-state index contributed by atoms with van der Waals surface area (Å²) in [5, 5.41) is 15.7. The molecule has 1 aromatic carbocycles. The number of likely N-dealkylation sites (tertiary alicyclic amines) is 1. The zero-order valence-corrected chi connectivity index (χ0v) is 19.8. The van der Waals surface area contributed by atoms with E-state index in [0.717, 1.165) is 4.57 Å². The molecular formula is C24H23F4N7O2. The first-order chi connectivity index (χ1) is 17.6. The molecule has 0 bridgehead atoms. The number of halogens is 4. The van der Waals surface area contributed by atoms with Crippen molar-refractivity contribution in [2.24, 2.45) is 16.8 Å². The fraction of sp³-hybridized carbons (Fsp3) is 0.458. The SMILES string of the molecule is CN1CC/C(=N\c2cccc3c2cc(-c2noc(CNC(=O)[C@@H]4CC4C#N)n2)n3CC(F)(F)F)[C@@H](F)C1. The quantitative estimate of drug-likeness (QED) is 0.498. The van der Waals surface area contributed by atoms with Gasteiger partial charge in [0, 0.05) is 24.9 Å². The van der Waals surface area contributed by atoms with Crippen LogP contribution >= 0.6 is 0 Å². The molecule has 3 aromatic rings. The Bertz CT molecular complexity index is 1400. The molecule has 9 nitrogen and oxygen atoms in total. The third kappa shape index (κ3) is 5.34. The Labute approximate surface area is 208 Å². The molecule has 1 saturated carbocycles. The fourth-order valence-electron chi connectivity index (χ4n) is 4.47. The van der Waals surface area contributed by atoms with Crippen molar-refractivity contribution in [2.75, 3.05) is 20.1 Å². The average Bonchev–Trinajstić information content (AvgIpc) is 3.35. The summed E-state index contributed by atoms with van der Waals surface area (Å²) in [6.45, 7) is -0.587. The molecule has 1 N–H and O–H groups in total. The van der Waals surface area contributed by atoms with Crippen LogP contribution in [0, 0.1) is 23.2 Å². The monoisotopic (exact) mass is 517 g/mol. The Balaban J connectivity index is 1.47. The van der Waals surface area contributed by atoms with E-state index >= 15 is 0 Å². The van der Waals surface area contributed by atoms with Crippen molar-refractivity contribution in [3.8, 4) is 17.6 Å². The Morgan fingerprint density at radius 3 is 2.89 bits per heavy atom. The van der Waals surface area contributed by atoms with Gasteiger partial charge in [-0.2, -0.15) is 23.4 Å².